The average Bonchev–Trinajstić information content (AvgIpc) is 3.60. The van der Waals surface area contributed by atoms with E-state index in [9.17, 15) is 0 Å². The molecule has 2 heterocycles. The van der Waals surface area contributed by atoms with Gasteiger partial charge in [-0.15, -0.1) is 0 Å². The molecule has 4 heteroatoms. The van der Waals surface area contributed by atoms with Gasteiger partial charge in [0.15, 0.2) is 0 Å². The fraction of sp³-hybridized carbons (Fsp3) is 0. The molecule has 0 bridgehead atoms. The fourth-order valence-corrected chi connectivity index (χ4v) is 10.1. The van der Waals surface area contributed by atoms with Gasteiger partial charge in [0.25, 0.3) is 0 Å². The first-order valence-corrected chi connectivity index (χ1v) is 18.8. The Labute approximate surface area is 301 Å². The number of nitrogens with zero attached hydrogens (tertiary/aromatic N) is 3. The minimum atomic E-state index is 0.146. The van der Waals surface area contributed by atoms with Crippen LogP contribution in [0.15, 0.2) is 176 Å². The summed E-state index contributed by atoms with van der Waals surface area (Å²) in [5.74, 6) is 1.98. The zero-order valence-corrected chi connectivity index (χ0v) is 29.2. The predicted octanol–water partition coefficient (Wildman–Crippen LogP) is 11.9. The van der Waals surface area contributed by atoms with Crippen molar-refractivity contribution < 1.29 is 0 Å². The maximum absolute atomic E-state index is 5.12. The summed E-state index contributed by atoms with van der Waals surface area (Å²) in [7, 11) is 0. The SMILES string of the molecule is c1ccc(-c2ccc(-c3nc(-c4ccccc4)nc(-c4ccc5ccc6ccc7c8cccc(-c9ccccc9)c8[se]c7c6c5c4)n3)cc2)cc1. The van der Waals surface area contributed by atoms with Crippen molar-refractivity contribution in [1.82, 2.24) is 15.0 Å². The Morgan fingerprint density at radius 1 is 0.314 bits per heavy atom. The molecule has 0 saturated heterocycles. The molecule has 8 aromatic carbocycles. The summed E-state index contributed by atoms with van der Waals surface area (Å²) in [6.45, 7) is 0. The Bertz CT molecular complexity index is 2880. The van der Waals surface area contributed by atoms with Gasteiger partial charge in [-0.05, 0) is 5.56 Å². The van der Waals surface area contributed by atoms with Gasteiger partial charge in [-0.25, -0.2) is 0 Å². The first-order valence-electron chi connectivity index (χ1n) is 17.1. The molecule has 0 unspecified atom stereocenters. The fourth-order valence-electron chi connectivity index (χ4n) is 7.17. The average molecular weight is 715 g/mol. The molecule has 0 aliphatic heterocycles. The molecule has 0 radical (unpaired) electrons. The zero-order valence-electron chi connectivity index (χ0n) is 27.5. The number of hydrogen-bond acceptors (Lipinski definition) is 3. The van der Waals surface area contributed by atoms with E-state index in [1.807, 2.05) is 24.3 Å². The maximum atomic E-state index is 5.12. The predicted molar refractivity (Wildman–Crippen MR) is 214 cm³/mol. The van der Waals surface area contributed by atoms with Crippen LogP contribution in [-0.2, 0) is 0 Å². The van der Waals surface area contributed by atoms with Crippen LogP contribution in [0.25, 0.3) is 97.3 Å². The van der Waals surface area contributed by atoms with Gasteiger partial charge in [-0.2, -0.15) is 0 Å². The van der Waals surface area contributed by atoms with E-state index in [2.05, 4.69) is 152 Å². The van der Waals surface area contributed by atoms with Crippen LogP contribution in [0.1, 0.15) is 0 Å². The van der Waals surface area contributed by atoms with Crippen molar-refractivity contribution in [3.63, 3.8) is 0 Å². The maximum Gasteiger partial charge on any atom is -0.0544 e. The molecule has 0 N–H and O–H groups in total. The summed E-state index contributed by atoms with van der Waals surface area (Å²) in [5.41, 5.74) is 7.83. The number of hydrogen-bond donors (Lipinski definition) is 0. The molecule has 0 saturated carbocycles. The van der Waals surface area contributed by atoms with E-state index in [1.54, 1.807) is 0 Å². The van der Waals surface area contributed by atoms with Crippen molar-refractivity contribution in [2.75, 3.05) is 0 Å². The van der Waals surface area contributed by atoms with Crippen LogP contribution in [0.4, 0.5) is 0 Å². The van der Waals surface area contributed by atoms with Crippen LogP contribution < -0.4 is 0 Å². The van der Waals surface area contributed by atoms with E-state index in [-0.39, 0.29) is 14.5 Å². The molecule has 0 amide bonds. The first-order chi connectivity index (χ1) is 25.3. The quantitative estimate of drug-likeness (QED) is 0.132. The molecule has 0 aliphatic carbocycles. The van der Waals surface area contributed by atoms with Crippen LogP contribution in [0.3, 0.4) is 0 Å². The normalized spacial score (nSPS) is 11.5. The van der Waals surface area contributed by atoms with Gasteiger partial charge in [0.1, 0.15) is 0 Å². The van der Waals surface area contributed by atoms with Crippen molar-refractivity contribution in [3.05, 3.63) is 176 Å². The summed E-state index contributed by atoms with van der Waals surface area (Å²) in [4.78, 5) is 15.2. The van der Waals surface area contributed by atoms with Gasteiger partial charge in [-0.1, -0.05) is 30.3 Å². The van der Waals surface area contributed by atoms with E-state index >= 15 is 0 Å². The third-order valence-electron chi connectivity index (χ3n) is 9.72. The Balaban J connectivity index is 1.17. The number of rotatable bonds is 5. The van der Waals surface area contributed by atoms with Gasteiger partial charge in [0.2, 0.25) is 0 Å². The van der Waals surface area contributed by atoms with E-state index < -0.39 is 0 Å². The van der Waals surface area contributed by atoms with E-state index in [1.165, 1.54) is 57.5 Å². The second kappa shape index (κ2) is 12.3. The zero-order chi connectivity index (χ0) is 33.7. The Hall–Kier alpha value is -6.19. The Morgan fingerprint density at radius 3 is 1.51 bits per heavy atom. The summed E-state index contributed by atoms with van der Waals surface area (Å²) < 4.78 is 2.90. The van der Waals surface area contributed by atoms with E-state index in [4.69, 9.17) is 15.0 Å². The molecule has 0 spiro atoms. The van der Waals surface area contributed by atoms with Crippen molar-refractivity contribution in [2.45, 2.75) is 0 Å². The number of fused-ring (bicyclic) bond motifs is 7. The molecular weight excluding hydrogens is 685 g/mol. The largest absolute Gasteiger partial charge is 0.0617 e. The Kier molecular flexibility index (Phi) is 7.16. The van der Waals surface area contributed by atoms with Crippen molar-refractivity contribution in [2.24, 2.45) is 0 Å². The Morgan fingerprint density at radius 2 is 0.804 bits per heavy atom. The molecule has 238 valence electrons. The summed E-state index contributed by atoms with van der Waals surface area (Å²) in [5, 5.41) is 7.73. The van der Waals surface area contributed by atoms with Crippen molar-refractivity contribution >= 4 is 55.3 Å². The topological polar surface area (TPSA) is 38.7 Å². The number of benzene rings is 8. The summed E-state index contributed by atoms with van der Waals surface area (Å²) in [6, 6.07) is 62.4. The van der Waals surface area contributed by atoms with Crippen molar-refractivity contribution in [1.29, 1.82) is 0 Å². The monoisotopic (exact) mass is 715 g/mol. The van der Waals surface area contributed by atoms with E-state index in [0.29, 0.717) is 17.5 Å². The first kappa shape index (κ1) is 29.7. The second-order valence-corrected chi connectivity index (χ2v) is 14.9. The minimum absolute atomic E-state index is 0.146. The molecule has 10 aromatic rings. The van der Waals surface area contributed by atoms with Crippen LogP contribution in [0.2, 0.25) is 0 Å². The van der Waals surface area contributed by atoms with Crippen LogP contribution in [0.5, 0.6) is 0 Å². The molecule has 2 aromatic heterocycles. The standard InChI is InChI=1S/C47H29N3Se/c1-4-11-30(12-5-1)31-19-24-36(25-20-31)46-48-45(35-15-8-3-9-16-35)49-47(50-46)37-26-22-33-21-23-34-27-28-40-39-18-10-17-38(32-13-6-2-7-14-32)43(39)51-44(40)42(34)41(33)29-37/h1-29H. The van der Waals surface area contributed by atoms with Gasteiger partial charge >= 0.3 is 267 Å². The van der Waals surface area contributed by atoms with Gasteiger partial charge in [-0.3, -0.25) is 0 Å². The van der Waals surface area contributed by atoms with E-state index in [0.717, 1.165) is 22.3 Å². The molecule has 0 fully saturated rings. The minimum Gasteiger partial charge on any atom is -0.0617 e. The van der Waals surface area contributed by atoms with Crippen LogP contribution >= 0.6 is 0 Å². The van der Waals surface area contributed by atoms with Crippen LogP contribution in [-0.4, -0.2) is 29.5 Å². The molecular formula is C47H29N3Se. The molecule has 0 atom stereocenters. The third kappa shape index (κ3) is 5.25. The van der Waals surface area contributed by atoms with Gasteiger partial charge in [0, 0.05) is 0 Å². The second-order valence-electron chi connectivity index (χ2n) is 12.8. The summed E-state index contributed by atoms with van der Waals surface area (Å²) in [6.07, 6.45) is 0. The van der Waals surface area contributed by atoms with Gasteiger partial charge in [0.05, 0.1) is 0 Å². The number of aromatic nitrogens is 3. The smallest absolute Gasteiger partial charge is 0.0544 e. The summed E-state index contributed by atoms with van der Waals surface area (Å²) >= 11 is 0.146. The molecule has 10 rings (SSSR count). The van der Waals surface area contributed by atoms with Gasteiger partial charge < -0.3 is 0 Å². The molecule has 0 aliphatic rings. The van der Waals surface area contributed by atoms with Crippen molar-refractivity contribution in [3.8, 4) is 56.4 Å². The van der Waals surface area contributed by atoms with Crippen LogP contribution in [0, 0.1) is 0 Å². The molecule has 3 nitrogen and oxygen atoms in total. The molecule has 51 heavy (non-hydrogen) atoms. The third-order valence-corrected chi connectivity index (χ3v) is 12.4.